The lowest BCUT2D eigenvalue weighted by molar-refractivity contribution is -0.127. The number of ether oxygens (including phenoxy) is 2. The smallest absolute Gasteiger partial charge is 0.260 e. The van der Waals surface area contributed by atoms with Crippen LogP contribution in [0.2, 0.25) is 0 Å². The van der Waals surface area contributed by atoms with Crippen molar-refractivity contribution in [1.82, 2.24) is 5.32 Å². The van der Waals surface area contributed by atoms with Crippen LogP contribution in [0, 0.1) is 6.92 Å². The molecule has 4 heteroatoms. The van der Waals surface area contributed by atoms with Crippen LogP contribution in [0.15, 0.2) is 48.5 Å². The first-order valence-corrected chi connectivity index (χ1v) is 8.82. The van der Waals surface area contributed by atoms with Gasteiger partial charge in [-0.1, -0.05) is 35.9 Å². The average Bonchev–Trinajstić information content (AvgIpc) is 2.62. The molecule has 2 aromatic rings. The van der Waals surface area contributed by atoms with Crippen LogP contribution in [0.25, 0.3) is 0 Å². The zero-order chi connectivity index (χ0) is 18.1. The van der Waals surface area contributed by atoms with E-state index in [-0.39, 0.29) is 5.91 Å². The number of aryl methyl sites for hydroxylation is 2. The van der Waals surface area contributed by atoms with Gasteiger partial charge in [0.15, 0.2) is 6.10 Å². The van der Waals surface area contributed by atoms with Crippen LogP contribution in [-0.2, 0) is 11.2 Å². The largest absolute Gasteiger partial charge is 0.494 e. The quantitative estimate of drug-likeness (QED) is 0.704. The molecule has 0 aliphatic heterocycles. The third kappa shape index (κ3) is 6.14. The fourth-order valence-corrected chi connectivity index (χ4v) is 2.52. The molecule has 0 fully saturated rings. The van der Waals surface area contributed by atoms with Crippen molar-refractivity contribution in [3.05, 3.63) is 59.7 Å². The number of nitrogens with one attached hydrogen (secondary N) is 1. The Bertz CT molecular complexity index is 667. The molecule has 2 aromatic carbocycles. The maximum absolute atomic E-state index is 12.1. The lowest BCUT2D eigenvalue weighted by atomic mass is 10.1. The van der Waals surface area contributed by atoms with E-state index in [9.17, 15) is 4.79 Å². The summed E-state index contributed by atoms with van der Waals surface area (Å²) < 4.78 is 11.3. The fraction of sp³-hybridized carbons (Fsp3) is 0.381. The molecule has 0 aliphatic rings. The monoisotopic (exact) mass is 341 g/mol. The van der Waals surface area contributed by atoms with Crippen molar-refractivity contribution in [2.45, 2.75) is 39.7 Å². The van der Waals surface area contributed by atoms with Gasteiger partial charge in [-0.2, -0.15) is 0 Å². The number of rotatable bonds is 9. The first-order chi connectivity index (χ1) is 12.1. The molecule has 4 nitrogen and oxygen atoms in total. The number of hydrogen-bond donors (Lipinski definition) is 1. The van der Waals surface area contributed by atoms with Crippen molar-refractivity contribution in [3.8, 4) is 11.5 Å². The Hall–Kier alpha value is -2.49. The van der Waals surface area contributed by atoms with Crippen molar-refractivity contribution in [2.24, 2.45) is 0 Å². The molecule has 0 radical (unpaired) electrons. The second-order valence-electron chi connectivity index (χ2n) is 6.01. The summed E-state index contributed by atoms with van der Waals surface area (Å²) in [5, 5.41) is 2.93. The summed E-state index contributed by atoms with van der Waals surface area (Å²) in [4.78, 5) is 12.1. The lowest BCUT2D eigenvalue weighted by Gasteiger charge is -2.15. The van der Waals surface area contributed by atoms with Crippen molar-refractivity contribution in [3.63, 3.8) is 0 Å². The summed E-state index contributed by atoms with van der Waals surface area (Å²) in [6, 6.07) is 15.7. The van der Waals surface area contributed by atoms with E-state index in [0.29, 0.717) is 18.9 Å². The zero-order valence-electron chi connectivity index (χ0n) is 15.2. The van der Waals surface area contributed by atoms with E-state index in [1.165, 1.54) is 5.56 Å². The molecule has 0 unspecified atom stereocenters. The van der Waals surface area contributed by atoms with Crippen LogP contribution < -0.4 is 14.8 Å². The molecule has 0 aromatic heterocycles. The Morgan fingerprint density at radius 3 is 2.56 bits per heavy atom. The van der Waals surface area contributed by atoms with Gasteiger partial charge >= 0.3 is 0 Å². The molecular weight excluding hydrogens is 314 g/mol. The number of benzene rings is 2. The van der Waals surface area contributed by atoms with Gasteiger partial charge in [-0.15, -0.1) is 0 Å². The summed E-state index contributed by atoms with van der Waals surface area (Å²) in [6.07, 6.45) is 1.20. The van der Waals surface area contributed by atoms with Crippen LogP contribution >= 0.6 is 0 Å². The molecule has 0 spiro atoms. The SMILES string of the molecule is CCOc1ccccc1CCCNC(=O)[C@@H](C)Oc1ccc(C)cc1. The predicted molar refractivity (Wildman–Crippen MR) is 100 cm³/mol. The Balaban J connectivity index is 1.74. The number of amides is 1. The van der Waals surface area contributed by atoms with Gasteiger partial charge in [0.1, 0.15) is 11.5 Å². The van der Waals surface area contributed by atoms with Gasteiger partial charge in [0, 0.05) is 6.54 Å². The third-order valence-electron chi connectivity index (χ3n) is 3.90. The van der Waals surface area contributed by atoms with E-state index in [0.717, 1.165) is 24.2 Å². The van der Waals surface area contributed by atoms with E-state index >= 15 is 0 Å². The van der Waals surface area contributed by atoms with E-state index in [4.69, 9.17) is 9.47 Å². The van der Waals surface area contributed by atoms with Gasteiger partial charge in [0.05, 0.1) is 6.61 Å². The highest BCUT2D eigenvalue weighted by atomic mass is 16.5. The van der Waals surface area contributed by atoms with Gasteiger partial charge in [-0.3, -0.25) is 4.79 Å². The molecule has 134 valence electrons. The summed E-state index contributed by atoms with van der Waals surface area (Å²) in [5.74, 6) is 1.53. The molecule has 25 heavy (non-hydrogen) atoms. The number of carbonyl (C=O) groups is 1. The van der Waals surface area contributed by atoms with Gasteiger partial charge < -0.3 is 14.8 Å². The predicted octanol–water partition coefficient (Wildman–Crippen LogP) is 3.91. The van der Waals surface area contributed by atoms with Gasteiger partial charge in [0.25, 0.3) is 5.91 Å². The Morgan fingerprint density at radius 1 is 1.12 bits per heavy atom. The van der Waals surface area contributed by atoms with E-state index in [2.05, 4.69) is 11.4 Å². The molecule has 0 heterocycles. The highest BCUT2D eigenvalue weighted by molar-refractivity contribution is 5.80. The van der Waals surface area contributed by atoms with Crippen molar-refractivity contribution < 1.29 is 14.3 Å². The molecule has 0 saturated heterocycles. The maximum atomic E-state index is 12.1. The first-order valence-electron chi connectivity index (χ1n) is 8.82. The molecule has 2 rings (SSSR count). The van der Waals surface area contributed by atoms with E-state index in [1.54, 1.807) is 6.92 Å². The summed E-state index contributed by atoms with van der Waals surface area (Å²) in [6.45, 7) is 7.03. The summed E-state index contributed by atoms with van der Waals surface area (Å²) in [5.41, 5.74) is 2.33. The maximum Gasteiger partial charge on any atom is 0.260 e. The standard InChI is InChI=1S/C21H27NO3/c1-4-24-20-10-6-5-8-18(20)9-7-15-22-21(23)17(3)25-19-13-11-16(2)12-14-19/h5-6,8,10-14,17H,4,7,9,15H2,1-3H3,(H,22,23)/t17-/m1/s1. The minimum Gasteiger partial charge on any atom is -0.494 e. The fourth-order valence-electron chi connectivity index (χ4n) is 2.52. The average molecular weight is 341 g/mol. The molecular formula is C21H27NO3. The Morgan fingerprint density at radius 2 is 1.84 bits per heavy atom. The Labute approximate surface area is 150 Å². The van der Waals surface area contributed by atoms with Crippen LogP contribution in [0.1, 0.15) is 31.4 Å². The summed E-state index contributed by atoms with van der Waals surface area (Å²) >= 11 is 0. The van der Waals surface area contributed by atoms with E-state index < -0.39 is 6.10 Å². The highest BCUT2D eigenvalue weighted by Gasteiger charge is 2.14. The second kappa shape index (κ2) is 9.72. The molecule has 0 aliphatic carbocycles. The molecule has 0 saturated carbocycles. The first kappa shape index (κ1) is 18.8. The van der Waals surface area contributed by atoms with Crippen LogP contribution in [0.3, 0.4) is 0 Å². The molecule has 1 atom stereocenters. The van der Waals surface area contributed by atoms with Gasteiger partial charge in [0.2, 0.25) is 0 Å². The normalized spacial score (nSPS) is 11.6. The van der Waals surface area contributed by atoms with Crippen LogP contribution in [0.5, 0.6) is 11.5 Å². The third-order valence-corrected chi connectivity index (χ3v) is 3.90. The Kier molecular flexibility index (Phi) is 7.33. The van der Waals surface area contributed by atoms with Gasteiger partial charge in [-0.05, 0) is 57.4 Å². The second-order valence-corrected chi connectivity index (χ2v) is 6.01. The zero-order valence-corrected chi connectivity index (χ0v) is 15.2. The van der Waals surface area contributed by atoms with E-state index in [1.807, 2.05) is 56.3 Å². The minimum atomic E-state index is -0.515. The van der Waals surface area contributed by atoms with Crippen molar-refractivity contribution in [2.75, 3.05) is 13.2 Å². The van der Waals surface area contributed by atoms with Gasteiger partial charge in [-0.25, -0.2) is 0 Å². The number of para-hydroxylation sites is 1. The number of carbonyl (C=O) groups excluding carboxylic acids is 1. The summed E-state index contributed by atoms with van der Waals surface area (Å²) in [7, 11) is 0. The highest BCUT2D eigenvalue weighted by Crippen LogP contribution is 2.19. The molecule has 1 amide bonds. The lowest BCUT2D eigenvalue weighted by Crippen LogP contribution is -2.36. The molecule has 1 N–H and O–H groups in total. The number of hydrogen-bond acceptors (Lipinski definition) is 3. The van der Waals surface area contributed by atoms with Crippen LogP contribution in [-0.4, -0.2) is 25.2 Å². The van der Waals surface area contributed by atoms with Crippen molar-refractivity contribution in [1.29, 1.82) is 0 Å². The molecule has 0 bridgehead atoms. The topological polar surface area (TPSA) is 47.6 Å². The van der Waals surface area contributed by atoms with Crippen molar-refractivity contribution >= 4 is 5.91 Å². The minimum absolute atomic E-state index is 0.0985. The van der Waals surface area contributed by atoms with Crippen LogP contribution in [0.4, 0.5) is 0 Å².